The van der Waals surface area contributed by atoms with Crippen LogP contribution in [0.2, 0.25) is 0 Å². The van der Waals surface area contributed by atoms with Crippen molar-refractivity contribution in [3.8, 4) is 0 Å². The van der Waals surface area contributed by atoms with Gasteiger partial charge in [-0.2, -0.15) is 0 Å². The third-order valence-corrected chi connectivity index (χ3v) is 4.02. The molecule has 0 spiro atoms. The molecule has 1 fully saturated rings. The molecule has 1 N–H and O–H groups in total. The Morgan fingerprint density at radius 3 is 2.89 bits per heavy atom. The summed E-state index contributed by atoms with van der Waals surface area (Å²) < 4.78 is 0.600. The molecule has 2 heterocycles. The fraction of sp³-hybridized carbons (Fsp3) is 0.571. The van der Waals surface area contributed by atoms with Crippen LogP contribution >= 0.6 is 15.9 Å². The molecule has 0 aliphatic carbocycles. The van der Waals surface area contributed by atoms with Gasteiger partial charge >= 0.3 is 0 Å². The van der Waals surface area contributed by atoms with Gasteiger partial charge in [0.25, 0.3) is 5.91 Å². The Hall–Kier alpha value is -0.940. The lowest BCUT2D eigenvalue weighted by Crippen LogP contribution is -2.33. The first-order chi connectivity index (χ1) is 9.27. The molecule has 0 unspecified atom stereocenters. The van der Waals surface area contributed by atoms with Crippen molar-refractivity contribution < 1.29 is 4.79 Å². The Morgan fingerprint density at radius 1 is 1.37 bits per heavy atom. The summed E-state index contributed by atoms with van der Waals surface area (Å²) in [5.41, 5.74) is 0.598. The third-order valence-electron chi connectivity index (χ3n) is 3.39. The standard InChI is InChI=1S/C14H20BrN3O/c15-13-12(6-4-7-16-13)14(19)17-8-5-11-18-9-2-1-3-10-18/h4,6-7H,1-3,5,8-11H2,(H,17,19). The first-order valence-corrected chi connectivity index (χ1v) is 7.68. The van der Waals surface area contributed by atoms with Crippen LogP contribution in [-0.4, -0.2) is 42.0 Å². The summed E-state index contributed by atoms with van der Waals surface area (Å²) in [5, 5.41) is 2.94. The molecule has 0 atom stereocenters. The smallest absolute Gasteiger partial charge is 0.254 e. The van der Waals surface area contributed by atoms with Crippen LogP contribution in [0.3, 0.4) is 0 Å². The molecule has 4 nitrogen and oxygen atoms in total. The molecule has 1 amide bonds. The van der Waals surface area contributed by atoms with Crippen LogP contribution in [0.5, 0.6) is 0 Å². The number of hydrogen-bond donors (Lipinski definition) is 1. The SMILES string of the molecule is O=C(NCCCN1CCCCC1)c1cccnc1Br. The number of aromatic nitrogens is 1. The van der Waals surface area contributed by atoms with Gasteiger partial charge in [0.05, 0.1) is 5.56 Å². The van der Waals surface area contributed by atoms with E-state index < -0.39 is 0 Å². The number of pyridine rings is 1. The summed E-state index contributed by atoms with van der Waals surface area (Å²) in [4.78, 5) is 18.5. The summed E-state index contributed by atoms with van der Waals surface area (Å²) in [6.07, 6.45) is 6.66. The van der Waals surface area contributed by atoms with Crippen molar-refractivity contribution in [2.45, 2.75) is 25.7 Å². The number of piperidine rings is 1. The number of nitrogens with zero attached hydrogens (tertiary/aromatic N) is 2. The van der Waals surface area contributed by atoms with Crippen molar-refractivity contribution in [2.75, 3.05) is 26.2 Å². The minimum atomic E-state index is -0.0568. The van der Waals surface area contributed by atoms with Crippen LogP contribution in [0.1, 0.15) is 36.0 Å². The van der Waals surface area contributed by atoms with Crippen LogP contribution in [0, 0.1) is 0 Å². The Labute approximate surface area is 122 Å². The molecule has 1 aromatic heterocycles. The van der Waals surface area contributed by atoms with Gasteiger partial charge in [0, 0.05) is 12.7 Å². The van der Waals surface area contributed by atoms with E-state index in [-0.39, 0.29) is 5.91 Å². The average molecular weight is 326 g/mol. The lowest BCUT2D eigenvalue weighted by Gasteiger charge is -2.26. The van der Waals surface area contributed by atoms with Crippen LogP contribution in [0.4, 0.5) is 0 Å². The van der Waals surface area contributed by atoms with E-state index in [0.29, 0.717) is 10.2 Å². The second kappa shape index (κ2) is 7.60. The monoisotopic (exact) mass is 325 g/mol. The van der Waals surface area contributed by atoms with E-state index in [1.807, 2.05) is 0 Å². The van der Waals surface area contributed by atoms with Crippen molar-refractivity contribution in [3.63, 3.8) is 0 Å². The molecule has 5 heteroatoms. The highest BCUT2D eigenvalue weighted by atomic mass is 79.9. The van der Waals surface area contributed by atoms with Crippen molar-refractivity contribution >= 4 is 21.8 Å². The van der Waals surface area contributed by atoms with Crippen molar-refractivity contribution in [2.24, 2.45) is 0 Å². The van der Waals surface area contributed by atoms with Gasteiger partial charge in [-0.1, -0.05) is 6.42 Å². The Morgan fingerprint density at radius 2 is 2.16 bits per heavy atom. The van der Waals surface area contributed by atoms with Crippen molar-refractivity contribution in [1.29, 1.82) is 0 Å². The number of carbonyl (C=O) groups excluding carboxylic acids is 1. The van der Waals surface area contributed by atoms with Crippen molar-refractivity contribution in [1.82, 2.24) is 15.2 Å². The van der Waals surface area contributed by atoms with Crippen LogP contribution < -0.4 is 5.32 Å². The lowest BCUT2D eigenvalue weighted by atomic mass is 10.1. The molecule has 19 heavy (non-hydrogen) atoms. The molecule has 1 saturated heterocycles. The molecule has 104 valence electrons. The molecular formula is C14H20BrN3O. The maximum Gasteiger partial charge on any atom is 0.254 e. The lowest BCUT2D eigenvalue weighted by molar-refractivity contribution is 0.0950. The molecule has 0 saturated carbocycles. The second-order valence-electron chi connectivity index (χ2n) is 4.85. The zero-order valence-corrected chi connectivity index (χ0v) is 12.7. The van der Waals surface area contributed by atoms with E-state index in [4.69, 9.17) is 0 Å². The third kappa shape index (κ3) is 4.58. The van der Waals surface area contributed by atoms with E-state index in [1.165, 1.54) is 32.4 Å². The molecule has 1 aromatic rings. The Balaban J connectivity index is 1.68. The minimum absolute atomic E-state index is 0.0568. The summed E-state index contributed by atoms with van der Waals surface area (Å²) in [5.74, 6) is -0.0568. The van der Waals surface area contributed by atoms with Gasteiger partial charge < -0.3 is 10.2 Å². The van der Waals surface area contributed by atoms with Gasteiger partial charge in [0.15, 0.2) is 0 Å². The fourth-order valence-electron chi connectivity index (χ4n) is 2.34. The van der Waals surface area contributed by atoms with Crippen LogP contribution in [-0.2, 0) is 0 Å². The summed E-state index contributed by atoms with van der Waals surface area (Å²) >= 11 is 3.29. The van der Waals surface area contributed by atoms with Gasteiger partial charge in [-0.25, -0.2) is 4.98 Å². The highest BCUT2D eigenvalue weighted by Crippen LogP contribution is 2.12. The fourth-order valence-corrected chi connectivity index (χ4v) is 2.77. The Kier molecular flexibility index (Phi) is 5.79. The molecule has 0 radical (unpaired) electrons. The van der Waals surface area contributed by atoms with Gasteiger partial charge in [-0.3, -0.25) is 4.79 Å². The highest BCUT2D eigenvalue weighted by Gasteiger charge is 2.11. The zero-order chi connectivity index (χ0) is 13.5. The predicted octanol–water partition coefficient (Wildman–Crippen LogP) is 2.45. The van der Waals surface area contributed by atoms with E-state index in [1.54, 1.807) is 18.3 Å². The van der Waals surface area contributed by atoms with E-state index >= 15 is 0 Å². The maximum atomic E-state index is 11.9. The summed E-state index contributed by atoms with van der Waals surface area (Å²) in [6.45, 7) is 4.22. The van der Waals surface area contributed by atoms with Crippen LogP contribution in [0.15, 0.2) is 22.9 Å². The first-order valence-electron chi connectivity index (χ1n) is 6.88. The number of rotatable bonds is 5. The number of carbonyl (C=O) groups is 1. The molecule has 0 bridgehead atoms. The second-order valence-corrected chi connectivity index (χ2v) is 5.60. The van der Waals surface area contributed by atoms with Gasteiger partial charge in [-0.15, -0.1) is 0 Å². The number of hydrogen-bond acceptors (Lipinski definition) is 3. The number of halogens is 1. The van der Waals surface area contributed by atoms with Crippen molar-refractivity contribution in [3.05, 3.63) is 28.5 Å². The zero-order valence-electron chi connectivity index (χ0n) is 11.1. The van der Waals surface area contributed by atoms with E-state index in [0.717, 1.165) is 19.5 Å². The highest BCUT2D eigenvalue weighted by molar-refractivity contribution is 9.10. The number of nitrogens with one attached hydrogen (secondary N) is 1. The quantitative estimate of drug-likeness (QED) is 0.668. The predicted molar refractivity (Wildman–Crippen MR) is 79.2 cm³/mol. The molecule has 2 rings (SSSR count). The topological polar surface area (TPSA) is 45.2 Å². The normalized spacial score (nSPS) is 16.3. The molecular weight excluding hydrogens is 306 g/mol. The van der Waals surface area contributed by atoms with E-state index in [9.17, 15) is 4.79 Å². The maximum absolute atomic E-state index is 11.9. The summed E-state index contributed by atoms with van der Waals surface area (Å²) in [7, 11) is 0. The largest absolute Gasteiger partial charge is 0.352 e. The first kappa shape index (κ1) is 14.5. The Bertz CT molecular complexity index is 419. The van der Waals surface area contributed by atoms with Crippen LogP contribution in [0.25, 0.3) is 0 Å². The molecule has 1 aliphatic heterocycles. The number of likely N-dealkylation sites (tertiary alicyclic amines) is 1. The van der Waals surface area contributed by atoms with Gasteiger partial charge in [0.1, 0.15) is 4.60 Å². The molecule has 0 aromatic carbocycles. The number of amides is 1. The van der Waals surface area contributed by atoms with Gasteiger partial charge in [0.2, 0.25) is 0 Å². The van der Waals surface area contributed by atoms with E-state index in [2.05, 4.69) is 31.1 Å². The minimum Gasteiger partial charge on any atom is -0.352 e. The molecule has 1 aliphatic rings. The average Bonchev–Trinajstić information content (AvgIpc) is 2.45. The van der Waals surface area contributed by atoms with Gasteiger partial charge in [-0.05, 0) is 67.0 Å². The summed E-state index contributed by atoms with van der Waals surface area (Å²) in [6, 6.07) is 3.55.